The molecule has 0 fully saturated rings. The van der Waals surface area contributed by atoms with Crippen LogP contribution >= 0.6 is 0 Å². The summed E-state index contributed by atoms with van der Waals surface area (Å²) in [6.45, 7) is 2.93. The molecule has 154 valence electrons. The Morgan fingerprint density at radius 1 is 1.23 bits per heavy atom. The van der Waals surface area contributed by atoms with Crippen molar-refractivity contribution in [2.24, 2.45) is 0 Å². The summed E-state index contributed by atoms with van der Waals surface area (Å²) in [5.74, 6) is 0.672. The Morgan fingerprint density at radius 2 is 2.13 bits per heavy atom. The van der Waals surface area contributed by atoms with Crippen molar-refractivity contribution in [3.05, 3.63) is 59.2 Å². The predicted molar refractivity (Wildman–Crippen MR) is 107 cm³/mol. The largest absolute Gasteiger partial charge is 0.489 e. The molecule has 3 heterocycles. The van der Waals surface area contributed by atoms with Crippen LogP contribution in [0.25, 0.3) is 0 Å². The van der Waals surface area contributed by atoms with E-state index in [0.717, 1.165) is 22.5 Å². The number of amides is 1. The summed E-state index contributed by atoms with van der Waals surface area (Å²) in [7, 11) is 0. The average molecular weight is 409 g/mol. The second-order valence-electron chi connectivity index (χ2n) is 7.43. The molecule has 1 amide bonds. The fourth-order valence-electron chi connectivity index (χ4n) is 3.94. The number of hydrogen-bond acceptors (Lipinski definition) is 6. The second kappa shape index (κ2) is 7.33. The summed E-state index contributed by atoms with van der Waals surface area (Å²) in [5.41, 5.74) is 4.30. The highest BCUT2D eigenvalue weighted by Gasteiger charge is 2.30. The minimum Gasteiger partial charge on any atom is -0.489 e. The molecule has 3 aromatic rings. The van der Waals surface area contributed by atoms with Crippen molar-refractivity contribution in [1.29, 1.82) is 0 Å². The zero-order valence-electron chi connectivity index (χ0n) is 16.3. The number of hydrogen-bond donors (Lipinski definition) is 2. The Morgan fingerprint density at radius 3 is 2.97 bits per heavy atom. The number of aromatic amines is 1. The highest BCUT2D eigenvalue weighted by atomic mass is 19.1. The maximum Gasteiger partial charge on any atom is 0.262 e. The maximum absolute atomic E-state index is 13.8. The van der Waals surface area contributed by atoms with Crippen molar-refractivity contribution in [3.8, 4) is 11.5 Å². The molecule has 0 saturated heterocycles. The van der Waals surface area contributed by atoms with E-state index in [2.05, 4.69) is 25.6 Å². The number of anilines is 2. The molecule has 2 aliphatic rings. The fourth-order valence-corrected chi connectivity index (χ4v) is 3.94. The maximum atomic E-state index is 13.8. The standard InChI is InChI=1S/C21H20FN5O3/c1-12-13(2-5-18-21(12)24-20(28)11-30-18)9-27-16(7-15-8-23-26-25-15)10-29-19-6-14(22)3-4-17(19)27/h2-6,8,16H,7,9-11H2,1H3,(H,24,28)(H,23,25,26). The van der Waals surface area contributed by atoms with Crippen LogP contribution in [-0.2, 0) is 17.8 Å². The highest BCUT2D eigenvalue weighted by Crippen LogP contribution is 2.38. The van der Waals surface area contributed by atoms with Crippen LogP contribution in [0, 0.1) is 12.7 Å². The Hall–Kier alpha value is -3.62. The number of aromatic nitrogens is 3. The zero-order chi connectivity index (χ0) is 20.7. The number of halogens is 1. The van der Waals surface area contributed by atoms with Gasteiger partial charge in [-0.25, -0.2) is 4.39 Å². The number of ether oxygens (including phenoxy) is 2. The van der Waals surface area contributed by atoms with Crippen LogP contribution in [-0.4, -0.2) is 40.6 Å². The normalized spacial score (nSPS) is 17.5. The first-order chi connectivity index (χ1) is 14.6. The van der Waals surface area contributed by atoms with Crippen molar-refractivity contribution in [3.63, 3.8) is 0 Å². The number of nitrogens with one attached hydrogen (secondary N) is 2. The number of H-pyrrole nitrogens is 1. The molecule has 1 atom stereocenters. The molecule has 0 saturated carbocycles. The number of carbonyl (C=O) groups is 1. The lowest BCUT2D eigenvalue weighted by molar-refractivity contribution is -0.118. The van der Waals surface area contributed by atoms with Crippen molar-refractivity contribution in [2.45, 2.75) is 25.9 Å². The monoisotopic (exact) mass is 409 g/mol. The van der Waals surface area contributed by atoms with Gasteiger partial charge in [-0.05, 0) is 36.2 Å². The summed E-state index contributed by atoms with van der Waals surface area (Å²) in [6.07, 6.45) is 2.31. The van der Waals surface area contributed by atoms with Gasteiger partial charge in [-0.2, -0.15) is 15.4 Å². The van der Waals surface area contributed by atoms with Crippen LogP contribution in [0.15, 0.2) is 36.5 Å². The first-order valence-corrected chi connectivity index (χ1v) is 9.67. The summed E-state index contributed by atoms with van der Waals surface area (Å²) in [6, 6.07) is 8.42. The molecule has 1 unspecified atom stereocenters. The molecule has 0 radical (unpaired) electrons. The third-order valence-corrected chi connectivity index (χ3v) is 5.52. The van der Waals surface area contributed by atoms with Crippen LogP contribution in [0.4, 0.5) is 15.8 Å². The fraction of sp³-hybridized carbons (Fsp3) is 0.286. The van der Waals surface area contributed by atoms with Gasteiger partial charge in [-0.3, -0.25) is 4.79 Å². The molecular weight excluding hydrogens is 389 g/mol. The van der Waals surface area contributed by atoms with E-state index in [9.17, 15) is 9.18 Å². The number of fused-ring (bicyclic) bond motifs is 2. The van der Waals surface area contributed by atoms with E-state index in [1.54, 1.807) is 12.3 Å². The SMILES string of the molecule is Cc1c(CN2c3ccc(F)cc3OCC2Cc2cn[nH]n2)ccc2c1NC(=O)CO2. The molecule has 1 aromatic heterocycles. The van der Waals surface area contributed by atoms with Gasteiger partial charge >= 0.3 is 0 Å². The average Bonchev–Trinajstić information content (AvgIpc) is 3.25. The third-order valence-electron chi connectivity index (χ3n) is 5.52. The van der Waals surface area contributed by atoms with Gasteiger partial charge in [0.2, 0.25) is 0 Å². The molecule has 5 rings (SSSR count). The zero-order valence-corrected chi connectivity index (χ0v) is 16.3. The van der Waals surface area contributed by atoms with Crippen LogP contribution in [0.2, 0.25) is 0 Å². The molecule has 2 aliphatic heterocycles. The molecule has 0 spiro atoms. The van der Waals surface area contributed by atoms with Crippen LogP contribution in [0.5, 0.6) is 11.5 Å². The van der Waals surface area contributed by atoms with E-state index < -0.39 is 0 Å². The quantitative estimate of drug-likeness (QED) is 0.688. The van der Waals surface area contributed by atoms with E-state index >= 15 is 0 Å². The first kappa shape index (κ1) is 18.4. The van der Waals surface area contributed by atoms with Crippen molar-refractivity contribution < 1.29 is 18.7 Å². The van der Waals surface area contributed by atoms with Crippen LogP contribution in [0.1, 0.15) is 16.8 Å². The van der Waals surface area contributed by atoms with Gasteiger partial charge in [0, 0.05) is 19.0 Å². The minimum atomic E-state index is -0.339. The number of carbonyl (C=O) groups excluding carboxylic acids is 1. The highest BCUT2D eigenvalue weighted by molar-refractivity contribution is 5.96. The van der Waals surface area contributed by atoms with Crippen molar-refractivity contribution in [1.82, 2.24) is 15.4 Å². The molecule has 9 heteroatoms. The van der Waals surface area contributed by atoms with E-state index in [1.165, 1.54) is 12.1 Å². The molecule has 0 bridgehead atoms. The first-order valence-electron chi connectivity index (χ1n) is 9.67. The molecule has 0 aliphatic carbocycles. The van der Waals surface area contributed by atoms with Crippen molar-refractivity contribution >= 4 is 17.3 Å². The van der Waals surface area contributed by atoms with Gasteiger partial charge in [0.1, 0.15) is 23.9 Å². The smallest absolute Gasteiger partial charge is 0.262 e. The lowest BCUT2D eigenvalue weighted by Gasteiger charge is -2.39. The van der Waals surface area contributed by atoms with E-state index in [-0.39, 0.29) is 24.4 Å². The van der Waals surface area contributed by atoms with Gasteiger partial charge in [-0.15, -0.1) is 0 Å². The van der Waals surface area contributed by atoms with E-state index in [1.807, 2.05) is 19.1 Å². The van der Waals surface area contributed by atoms with Crippen LogP contribution < -0.4 is 19.7 Å². The van der Waals surface area contributed by atoms with Crippen LogP contribution in [0.3, 0.4) is 0 Å². The second-order valence-corrected chi connectivity index (χ2v) is 7.43. The Kier molecular flexibility index (Phi) is 4.50. The molecule has 8 nitrogen and oxygen atoms in total. The predicted octanol–water partition coefficient (Wildman–Crippen LogP) is 2.59. The Balaban J connectivity index is 1.51. The van der Waals surface area contributed by atoms with Crippen molar-refractivity contribution in [2.75, 3.05) is 23.4 Å². The summed E-state index contributed by atoms with van der Waals surface area (Å²) < 4.78 is 25.1. The van der Waals surface area contributed by atoms with Gasteiger partial charge < -0.3 is 19.7 Å². The number of rotatable bonds is 4. The molecule has 2 aromatic carbocycles. The summed E-state index contributed by atoms with van der Waals surface area (Å²) in [4.78, 5) is 14.0. The van der Waals surface area contributed by atoms with E-state index in [4.69, 9.17) is 9.47 Å². The van der Waals surface area contributed by atoms with E-state index in [0.29, 0.717) is 36.8 Å². The van der Waals surface area contributed by atoms with Gasteiger partial charge in [0.25, 0.3) is 5.91 Å². The number of benzene rings is 2. The van der Waals surface area contributed by atoms with Gasteiger partial charge in [0.05, 0.1) is 29.3 Å². The third kappa shape index (κ3) is 3.32. The number of nitrogens with zero attached hydrogens (tertiary/aromatic N) is 3. The lowest BCUT2D eigenvalue weighted by Crippen LogP contribution is -2.44. The van der Waals surface area contributed by atoms with Gasteiger partial charge in [0.15, 0.2) is 6.61 Å². The lowest BCUT2D eigenvalue weighted by atomic mass is 10.0. The summed E-state index contributed by atoms with van der Waals surface area (Å²) >= 11 is 0. The Labute approximate surface area is 172 Å². The minimum absolute atomic E-state index is 0.0191. The molecule has 30 heavy (non-hydrogen) atoms. The van der Waals surface area contributed by atoms with Gasteiger partial charge in [-0.1, -0.05) is 6.07 Å². The molecular formula is C21H20FN5O3. The Bertz CT molecular complexity index is 1100. The topological polar surface area (TPSA) is 92.4 Å². The summed E-state index contributed by atoms with van der Waals surface area (Å²) in [5, 5.41) is 13.6. The molecule has 2 N–H and O–H groups in total.